The van der Waals surface area contributed by atoms with Crippen molar-refractivity contribution in [3.05, 3.63) is 27.7 Å². The summed E-state index contributed by atoms with van der Waals surface area (Å²) in [4.78, 5) is 1.01. The molecule has 0 radical (unpaired) electrons. The number of hydrogen-bond donors (Lipinski definition) is 2. The lowest BCUT2D eigenvalue weighted by Crippen LogP contribution is -2.49. The molecule has 0 unspecified atom stereocenters. The van der Waals surface area contributed by atoms with E-state index in [-0.39, 0.29) is 30.7 Å². The Labute approximate surface area is 136 Å². The molecule has 23 heavy (non-hydrogen) atoms. The molecular weight excluding hydrogens is 394 g/mol. The minimum atomic E-state index is -4.96. The number of aromatic hydroxyl groups is 1. The first-order chi connectivity index (χ1) is 10.5. The number of phenols is 1. The highest BCUT2D eigenvalue weighted by atomic mass is 79.9. The Morgan fingerprint density at radius 1 is 1.09 bits per heavy atom. The van der Waals surface area contributed by atoms with Crippen molar-refractivity contribution in [1.82, 2.24) is 10.2 Å². The van der Waals surface area contributed by atoms with E-state index in [0.717, 1.165) is 11.0 Å². The molecule has 1 fully saturated rings. The van der Waals surface area contributed by atoms with E-state index in [0.29, 0.717) is 6.07 Å². The second-order valence-corrected chi connectivity index (χ2v) is 6.03. The molecule has 1 aliphatic heterocycles. The quantitative estimate of drug-likeness (QED) is 0.735. The zero-order chi connectivity index (χ0) is 17.4. The predicted octanol–water partition coefficient (Wildman–Crippen LogP) is 3.68. The van der Waals surface area contributed by atoms with Crippen LogP contribution in [0.4, 0.5) is 26.3 Å². The molecule has 0 aromatic heterocycles. The van der Waals surface area contributed by atoms with Gasteiger partial charge in [-0.3, -0.25) is 4.90 Å². The summed E-state index contributed by atoms with van der Waals surface area (Å²) in [5.74, 6) is -1.39. The molecule has 1 atom stereocenters. The number of nitrogens with zero attached hydrogens (tertiary/aromatic N) is 1. The van der Waals surface area contributed by atoms with Gasteiger partial charge < -0.3 is 10.4 Å². The van der Waals surface area contributed by atoms with E-state index in [1.165, 1.54) is 0 Å². The first-order valence-electron chi connectivity index (χ1n) is 6.63. The van der Waals surface area contributed by atoms with Gasteiger partial charge in [-0.05, 0) is 12.1 Å². The molecule has 1 aromatic rings. The lowest BCUT2D eigenvalue weighted by molar-refractivity contribution is -0.188. The highest BCUT2D eigenvalue weighted by molar-refractivity contribution is 9.10. The zero-order valence-corrected chi connectivity index (χ0v) is 13.2. The molecule has 0 saturated carbocycles. The number of halogens is 7. The SMILES string of the molecule is Oc1c([C@H](N2CCNCC2)C(F)(F)F)cc(Br)cc1C(F)(F)F. The summed E-state index contributed by atoms with van der Waals surface area (Å²) in [5.41, 5.74) is -2.30. The summed E-state index contributed by atoms with van der Waals surface area (Å²) >= 11 is 2.79. The van der Waals surface area contributed by atoms with Crippen LogP contribution in [-0.2, 0) is 6.18 Å². The maximum absolute atomic E-state index is 13.5. The normalized spacial score (nSPS) is 18.9. The van der Waals surface area contributed by atoms with Crippen molar-refractivity contribution in [3.8, 4) is 5.75 Å². The molecule has 3 nitrogen and oxygen atoms in total. The Morgan fingerprint density at radius 3 is 2.13 bits per heavy atom. The van der Waals surface area contributed by atoms with Crippen molar-refractivity contribution in [2.75, 3.05) is 26.2 Å². The fourth-order valence-electron chi connectivity index (χ4n) is 2.57. The number of benzene rings is 1. The van der Waals surface area contributed by atoms with Crippen molar-refractivity contribution in [2.24, 2.45) is 0 Å². The molecule has 2 N–H and O–H groups in total. The van der Waals surface area contributed by atoms with Gasteiger partial charge in [0, 0.05) is 36.2 Å². The van der Waals surface area contributed by atoms with Gasteiger partial charge in [-0.1, -0.05) is 15.9 Å². The minimum absolute atomic E-state index is 0.0114. The van der Waals surface area contributed by atoms with Crippen molar-refractivity contribution in [3.63, 3.8) is 0 Å². The molecule has 1 heterocycles. The lowest BCUT2D eigenvalue weighted by atomic mass is 9.99. The van der Waals surface area contributed by atoms with Gasteiger partial charge in [0.1, 0.15) is 11.8 Å². The summed E-state index contributed by atoms with van der Waals surface area (Å²) in [5, 5.41) is 12.7. The van der Waals surface area contributed by atoms with Gasteiger partial charge in [0.15, 0.2) is 0 Å². The average molecular weight is 407 g/mol. The summed E-state index contributed by atoms with van der Waals surface area (Å²) < 4.78 is 79.0. The van der Waals surface area contributed by atoms with Crippen LogP contribution in [0.1, 0.15) is 17.2 Å². The second kappa shape index (κ2) is 6.48. The highest BCUT2D eigenvalue weighted by Gasteiger charge is 2.48. The van der Waals surface area contributed by atoms with E-state index in [4.69, 9.17) is 0 Å². The van der Waals surface area contributed by atoms with E-state index in [1.807, 2.05) is 0 Å². The fourth-order valence-corrected chi connectivity index (χ4v) is 3.04. The molecule has 130 valence electrons. The van der Waals surface area contributed by atoms with E-state index in [1.54, 1.807) is 0 Å². The molecule has 0 aliphatic carbocycles. The molecule has 0 bridgehead atoms. The van der Waals surface area contributed by atoms with Crippen molar-refractivity contribution < 1.29 is 31.4 Å². The van der Waals surface area contributed by atoms with Gasteiger partial charge in [0.2, 0.25) is 0 Å². The van der Waals surface area contributed by atoms with Gasteiger partial charge in [-0.2, -0.15) is 26.3 Å². The molecule has 0 amide bonds. The maximum atomic E-state index is 13.5. The number of piperazine rings is 1. The van der Waals surface area contributed by atoms with Crippen molar-refractivity contribution in [1.29, 1.82) is 0 Å². The fraction of sp³-hybridized carbons (Fsp3) is 0.538. The number of phenolic OH excluding ortho intramolecular Hbond substituents is 1. The summed E-state index contributed by atoms with van der Waals surface area (Å²) in [7, 11) is 0. The number of hydrogen-bond acceptors (Lipinski definition) is 3. The topological polar surface area (TPSA) is 35.5 Å². The Hall–Kier alpha value is -1.00. The molecule has 0 spiro atoms. The standard InChI is InChI=1S/C13H13BrF6N2O/c14-7-5-8(10(23)9(6-7)12(15,16)17)11(13(18,19)20)22-3-1-21-2-4-22/h5-6,11,21,23H,1-4H2/t11-/m0/s1. The van der Waals surface area contributed by atoms with Crippen LogP contribution >= 0.6 is 15.9 Å². The maximum Gasteiger partial charge on any atom is 0.420 e. The molecule has 10 heteroatoms. The van der Waals surface area contributed by atoms with E-state index >= 15 is 0 Å². The molecule has 1 aliphatic rings. The van der Waals surface area contributed by atoms with Gasteiger partial charge >= 0.3 is 12.4 Å². The third-order valence-corrected chi connectivity index (χ3v) is 3.99. The van der Waals surface area contributed by atoms with Gasteiger partial charge in [-0.15, -0.1) is 0 Å². The lowest BCUT2D eigenvalue weighted by Gasteiger charge is -2.36. The summed E-state index contributed by atoms with van der Waals surface area (Å²) in [6.45, 7) is 0.593. The Balaban J connectivity index is 2.57. The molecule has 2 rings (SSSR count). The van der Waals surface area contributed by atoms with Crippen LogP contribution in [0.2, 0.25) is 0 Å². The van der Waals surface area contributed by atoms with Crippen LogP contribution in [0.25, 0.3) is 0 Å². The first kappa shape index (κ1) is 18.3. The third-order valence-electron chi connectivity index (χ3n) is 3.53. The van der Waals surface area contributed by atoms with E-state index in [9.17, 15) is 31.4 Å². The molecule has 1 aromatic carbocycles. The summed E-state index contributed by atoms with van der Waals surface area (Å²) in [6.07, 6.45) is -9.78. The van der Waals surface area contributed by atoms with Gasteiger partial charge in [-0.25, -0.2) is 0 Å². The largest absolute Gasteiger partial charge is 0.507 e. The monoisotopic (exact) mass is 406 g/mol. The number of alkyl halides is 6. The second-order valence-electron chi connectivity index (χ2n) is 5.12. The van der Waals surface area contributed by atoms with Crippen LogP contribution in [0.3, 0.4) is 0 Å². The van der Waals surface area contributed by atoms with Crippen molar-refractivity contribution >= 4 is 15.9 Å². The molecule has 1 saturated heterocycles. The number of nitrogens with one attached hydrogen (secondary N) is 1. The van der Waals surface area contributed by atoms with Crippen LogP contribution in [0.15, 0.2) is 16.6 Å². The van der Waals surface area contributed by atoms with E-state index < -0.39 is 35.3 Å². The molecular formula is C13H13BrF6N2O. The average Bonchev–Trinajstić information content (AvgIpc) is 2.41. The Bertz CT molecular complexity index is 569. The van der Waals surface area contributed by atoms with Gasteiger partial charge in [0.25, 0.3) is 0 Å². The number of rotatable bonds is 2. The van der Waals surface area contributed by atoms with Crippen LogP contribution in [0.5, 0.6) is 5.75 Å². The predicted molar refractivity (Wildman–Crippen MR) is 74.0 cm³/mol. The van der Waals surface area contributed by atoms with Gasteiger partial charge in [0.05, 0.1) is 5.56 Å². The first-order valence-corrected chi connectivity index (χ1v) is 7.42. The van der Waals surface area contributed by atoms with Crippen molar-refractivity contribution in [2.45, 2.75) is 18.4 Å². The Morgan fingerprint density at radius 2 is 1.65 bits per heavy atom. The minimum Gasteiger partial charge on any atom is -0.507 e. The van der Waals surface area contributed by atoms with E-state index in [2.05, 4.69) is 21.2 Å². The smallest absolute Gasteiger partial charge is 0.420 e. The Kier molecular flexibility index (Phi) is 5.17. The van der Waals surface area contributed by atoms with Crippen LogP contribution < -0.4 is 5.32 Å². The third kappa shape index (κ3) is 4.10. The van der Waals surface area contributed by atoms with Crippen LogP contribution in [-0.4, -0.2) is 42.4 Å². The highest BCUT2D eigenvalue weighted by Crippen LogP contribution is 2.47. The zero-order valence-electron chi connectivity index (χ0n) is 11.6. The van der Waals surface area contributed by atoms with Crippen LogP contribution in [0, 0.1) is 0 Å². The summed E-state index contributed by atoms with van der Waals surface area (Å²) in [6, 6.07) is -0.863.